The summed E-state index contributed by atoms with van der Waals surface area (Å²) in [5, 5.41) is 0. The quantitative estimate of drug-likeness (QED) is 0.177. The second-order valence-electron chi connectivity index (χ2n) is 15.0. The Kier molecular flexibility index (Phi) is 7.52. The van der Waals surface area contributed by atoms with Crippen LogP contribution in [0.5, 0.6) is 0 Å². The Morgan fingerprint density at radius 1 is 0.400 bits per heavy atom. The van der Waals surface area contributed by atoms with E-state index in [1.807, 2.05) is 0 Å². The van der Waals surface area contributed by atoms with E-state index >= 15 is 0 Å². The summed E-state index contributed by atoms with van der Waals surface area (Å²) in [5.41, 5.74) is 22.9. The maximum atomic E-state index is 2.49. The summed E-state index contributed by atoms with van der Waals surface area (Å²) >= 11 is 0. The first kappa shape index (κ1) is 31.8. The highest BCUT2D eigenvalue weighted by Crippen LogP contribution is 2.52. The van der Waals surface area contributed by atoms with Crippen molar-refractivity contribution in [2.75, 3.05) is 4.90 Å². The molecule has 1 nitrogen and oxygen atoms in total. The van der Waals surface area contributed by atoms with Gasteiger partial charge in [-0.05, 0) is 133 Å². The molecule has 1 atom stereocenters. The molecular formula is C54H39N. The van der Waals surface area contributed by atoms with Gasteiger partial charge in [0.15, 0.2) is 0 Å². The van der Waals surface area contributed by atoms with Gasteiger partial charge < -0.3 is 4.90 Å². The van der Waals surface area contributed by atoms with E-state index in [1.165, 1.54) is 89.2 Å². The van der Waals surface area contributed by atoms with Crippen LogP contribution in [-0.2, 0) is 0 Å². The molecule has 1 unspecified atom stereocenters. The monoisotopic (exact) mass is 701 g/mol. The van der Waals surface area contributed by atoms with E-state index in [0.29, 0.717) is 5.92 Å². The SMILES string of the molecule is C1=CCC2C(=C1)c1ccccc1-c1ccc(N(C3=CCCC=C3)c3ccc4c(c3)-c3ccccc3-c3ccccc3-c3ccccc3-4)cc1-c1ccccc12. The number of benzene rings is 7. The molecule has 55 heavy (non-hydrogen) atoms. The largest absolute Gasteiger partial charge is 0.311 e. The first-order valence-corrected chi connectivity index (χ1v) is 19.6. The summed E-state index contributed by atoms with van der Waals surface area (Å²) in [7, 11) is 0. The lowest BCUT2D eigenvalue weighted by atomic mass is 9.74. The van der Waals surface area contributed by atoms with Crippen molar-refractivity contribution in [2.24, 2.45) is 0 Å². The molecule has 7 aromatic rings. The highest BCUT2D eigenvalue weighted by molar-refractivity contribution is 6.04. The normalized spacial score (nSPS) is 15.7. The van der Waals surface area contributed by atoms with Crippen LogP contribution in [0.15, 0.2) is 200 Å². The second kappa shape index (κ2) is 13.0. The predicted octanol–water partition coefficient (Wildman–Crippen LogP) is 14.8. The van der Waals surface area contributed by atoms with Crippen molar-refractivity contribution in [3.05, 3.63) is 211 Å². The van der Waals surface area contributed by atoms with Gasteiger partial charge in [-0.25, -0.2) is 0 Å². The first-order chi connectivity index (χ1) is 27.3. The Labute approximate surface area is 323 Å². The van der Waals surface area contributed by atoms with E-state index in [2.05, 4.69) is 199 Å². The van der Waals surface area contributed by atoms with Crippen LogP contribution in [0.2, 0.25) is 0 Å². The van der Waals surface area contributed by atoms with E-state index in [1.54, 1.807) is 0 Å². The van der Waals surface area contributed by atoms with Gasteiger partial charge >= 0.3 is 0 Å². The molecule has 1 heteroatoms. The Morgan fingerprint density at radius 3 is 1.40 bits per heavy atom. The Balaban J connectivity index is 1.15. The van der Waals surface area contributed by atoms with Crippen LogP contribution in [0, 0.1) is 0 Å². The van der Waals surface area contributed by atoms with Gasteiger partial charge in [0, 0.05) is 23.0 Å². The number of anilines is 2. The van der Waals surface area contributed by atoms with E-state index in [4.69, 9.17) is 0 Å². The Bertz CT molecular complexity index is 2800. The summed E-state index contributed by atoms with van der Waals surface area (Å²) in [6.07, 6.45) is 17.0. The van der Waals surface area contributed by atoms with Crippen molar-refractivity contribution in [1.82, 2.24) is 0 Å². The molecule has 0 fully saturated rings. The average Bonchev–Trinajstić information content (AvgIpc) is 3.26. The fourth-order valence-corrected chi connectivity index (χ4v) is 9.55. The van der Waals surface area contributed by atoms with Crippen LogP contribution in [-0.4, -0.2) is 0 Å². The molecule has 4 aliphatic carbocycles. The maximum absolute atomic E-state index is 2.49. The number of hydrogen-bond donors (Lipinski definition) is 0. The fraction of sp³-hybridized carbons (Fsp3) is 0.0741. The van der Waals surface area contributed by atoms with Crippen molar-refractivity contribution in [1.29, 1.82) is 0 Å². The first-order valence-electron chi connectivity index (χ1n) is 19.6. The van der Waals surface area contributed by atoms with Gasteiger partial charge in [0.25, 0.3) is 0 Å². The average molecular weight is 702 g/mol. The maximum Gasteiger partial charge on any atom is 0.0468 e. The lowest BCUT2D eigenvalue weighted by Crippen LogP contribution is -2.17. The molecule has 7 aromatic carbocycles. The Morgan fingerprint density at radius 2 is 0.855 bits per heavy atom. The number of hydrogen-bond acceptors (Lipinski definition) is 1. The van der Waals surface area contributed by atoms with Crippen molar-refractivity contribution in [3.8, 4) is 66.8 Å². The zero-order valence-electron chi connectivity index (χ0n) is 30.6. The Hall–Kier alpha value is -6.70. The zero-order chi connectivity index (χ0) is 36.3. The van der Waals surface area contributed by atoms with Crippen LogP contribution in [0.25, 0.3) is 72.3 Å². The number of rotatable bonds is 3. The van der Waals surface area contributed by atoms with Gasteiger partial charge in [-0.2, -0.15) is 0 Å². The van der Waals surface area contributed by atoms with Crippen molar-refractivity contribution in [2.45, 2.75) is 25.2 Å². The molecule has 0 spiro atoms. The van der Waals surface area contributed by atoms with Gasteiger partial charge in [0.05, 0.1) is 0 Å². The van der Waals surface area contributed by atoms with Gasteiger partial charge in [0.2, 0.25) is 0 Å². The van der Waals surface area contributed by atoms with Crippen molar-refractivity contribution in [3.63, 3.8) is 0 Å². The summed E-state index contributed by atoms with van der Waals surface area (Å²) in [6.45, 7) is 0. The number of nitrogens with zero attached hydrogens (tertiary/aromatic N) is 1. The van der Waals surface area contributed by atoms with E-state index < -0.39 is 0 Å². The third kappa shape index (κ3) is 5.15. The topological polar surface area (TPSA) is 3.24 Å². The summed E-state index contributed by atoms with van der Waals surface area (Å²) in [6, 6.07) is 59.1. The van der Waals surface area contributed by atoms with E-state index in [-0.39, 0.29) is 0 Å². The zero-order valence-corrected chi connectivity index (χ0v) is 30.6. The third-order valence-electron chi connectivity index (χ3n) is 12.0. The lowest BCUT2D eigenvalue weighted by molar-refractivity contribution is 0.875. The van der Waals surface area contributed by atoms with Gasteiger partial charge in [0.1, 0.15) is 0 Å². The van der Waals surface area contributed by atoms with Crippen LogP contribution in [0.4, 0.5) is 11.4 Å². The minimum absolute atomic E-state index is 0.306. The molecular weight excluding hydrogens is 663 g/mol. The third-order valence-corrected chi connectivity index (χ3v) is 12.0. The molecule has 0 saturated heterocycles. The molecule has 0 radical (unpaired) electrons. The smallest absolute Gasteiger partial charge is 0.0468 e. The van der Waals surface area contributed by atoms with E-state index in [9.17, 15) is 0 Å². The van der Waals surface area contributed by atoms with E-state index in [0.717, 1.165) is 30.6 Å². The summed E-state index contributed by atoms with van der Waals surface area (Å²) < 4.78 is 0. The molecule has 0 aliphatic heterocycles. The van der Waals surface area contributed by atoms with Crippen LogP contribution >= 0.6 is 0 Å². The molecule has 0 saturated carbocycles. The second-order valence-corrected chi connectivity index (χ2v) is 15.0. The molecule has 260 valence electrons. The van der Waals surface area contributed by atoms with Crippen LogP contribution in [0.3, 0.4) is 0 Å². The highest BCUT2D eigenvalue weighted by Gasteiger charge is 2.29. The lowest BCUT2D eigenvalue weighted by Gasteiger charge is -2.32. The summed E-state index contributed by atoms with van der Waals surface area (Å²) in [5.74, 6) is 0.306. The molecule has 0 heterocycles. The molecule has 0 aromatic heterocycles. The minimum atomic E-state index is 0.306. The molecule has 11 rings (SSSR count). The minimum Gasteiger partial charge on any atom is -0.311 e. The fourth-order valence-electron chi connectivity index (χ4n) is 9.55. The van der Waals surface area contributed by atoms with Gasteiger partial charge in [-0.1, -0.05) is 164 Å². The van der Waals surface area contributed by atoms with Crippen LogP contribution < -0.4 is 4.90 Å². The van der Waals surface area contributed by atoms with Crippen molar-refractivity contribution >= 4 is 16.9 Å². The predicted molar refractivity (Wildman–Crippen MR) is 232 cm³/mol. The van der Waals surface area contributed by atoms with Gasteiger partial charge in [-0.3, -0.25) is 0 Å². The summed E-state index contributed by atoms with van der Waals surface area (Å²) in [4.78, 5) is 2.49. The number of allylic oxidation sites excluding steroid dienone is 7. The highest BCUT2D eigenvalue weighted by atomic mass is 15.1. The standard InChI is InChI=1S/C54H39N/c1-2-16-36(17-3-1)55(37-30-32-51-47-26-10-8-22-43(47)39-18-4-6-20-41(39)45-24-12-14-28-49(45)53(51)34-37)38-31-33-52-48-27-11-9-23-44(48)40-19-5-7-21-42(40)46-25-13-15-29-50(46)54(52)35-38/h2,4-20,22-35,42H,1,3,21H2. The molecule has 0 N–H and O–H groups in total. The molecule has 0 bridgehead atoms. The molecule has 0 amide bonds. The van der Waals surface area contributed by atoms with Crippen LogP contribution in [0.1, 0.15) is 36.3 Å². The van der Waals surface area contributed by atoms with Crippen molar-refractivity contribution < 1.29 is 0 Å². The van der Waals surface area contributed by atoms with Gasteiger partial charge in [-0.15, -0.1) is 0 Å². The number of fused-ring (bicyclic) bond motifs is 16. The molecule has 4 aliphatic rings.